The molecule has 5 nitrogen and oxygen atoms in total. The zero-order valence-corrected chi connectivity index (χ0v) is 18.8. The number of hydrogen-bond donors (Lipinski definition) is 1. The molecule has 0 unspecified atom stereocenters. The van der Waals surface area contributed by atoms with Crippen LogP contribution in [-0.2, 0) is 11.3 Å². The number of nitrogens with one attached hydrogen (secondary N) is 1. The van der Waals surface area contributed by atoms with Gasteiger partial charge in [-0.15, -0.1) is 11.3 Å². The van der Waals surface area contributed by atoms with Crippen LogP contribution < -0.4 is 5.32 Å². The lowest BCUT2D eigenvalue weighted by atomic mass is 10.2. The van der Waals surface area contributed by atoms with Crippen molar-refractivity contribution in [2.45, 2.75) is 19.5 Å². The first kappa shape index (κ1) is 21.9. The Morgan fingerprint density at radius 3 is 2.65 bits per heavy atom. The highest BCUT2D eigenvalue weighted by molar-refractivity contribution is 7.13. The number of amides is 1. The van der Waals surface area contributed by atoms with Crippen molar-refractivity contribution in [3.8, 4) is 10.6 Å². The number of halogens is 2. The van der Waals surface area contributed by atoms with Gasteiger partial charge in [-0.1, -0.05) is 41.9 Å². The predicted octanol–water partition coefficient (Wildman–Crippen LogP) is 4.75. The largest absolute Gasteiger partial charge is 0.322 e. The third-order valence-electron chi connectivity index (χ3n) is 5.48. The summed E-state index contributed by atoms with van der Waals surface area (Å²) in [5.41, 5.74) is 2.36. The van der Waals surface area contributed by atoms with Crippen LogP contribution in [0.4, 0.5) is 10.1 Å². The van der Waals surface area contributed by atoms with Crippen LogP contribution in [0.5, 0.6) is 0 Å². The molecule has 1 N–H and O–H groups in total. The van der Waals surface area contributed by atoms with Gasteiger partial charge in [-0.25, -0.2) is 9.37 Å². The van der Waals surface area contributed by atoms with E-state index < -0.39 is 5.82 Å². The van der Waals surface area contributed by atoms with E-state index in [1.807, 2.05) is 25.1 Å². The van der Waals surface area contributed by atoms with Crippen LogP contribution in [0.2, 0.25) is 5.02 Å². The van der Waals surface area contributed by atoms with Crippen LogP contribution in [0, 0.1) is 5.82 Å². The van der Waals surface area contributed by atoms with Crippen LogP contribution >= 0.6 is 22.9 Å². The molecule has 0 spiro atoms. The second kappa shape index (κ2) is 9.87. The molecular formula is C23H24ClFN4OS. The summed E-state index contributed by atoms with van der Waals surface area (Å²) in [5, 5.41) is 6.12. The van der Waals surface area contributed by atoms with Crippen molar-refractivity contribution in [1.29, 1.82) is 0 Å². The summed E-state index contributed by atoms with van der Waals surface area (Å²) in [6.45, 7) is 5.90. The van der Waals surface area contributed by atoms with Gasteiger partial charge in [0, 0.05) is 48.7 Å². The number of hydrogen-bond acceptors (Lipinski definition) is 5. The molecule has 0 saturated carbocycles. The van der Waals surface area contributed by atoms with Crippen molar-refractivity contribution >= 4 is 34.5 Å². The van der Waals surface area contributed by atoms with E-state index in [0.29, 0.717) is 5.02 Å². The average molecular weight is 459 g/mol. The van der Waals surface area contributed by atoms with Crippen LogP contribution in [0.25, 0.3) is 10.6 Å². The number of carbonyl (C=O) groups is 1. The molecule has 1 aliphatic rings. The second-order valence-corrected chi connectivity index (χ2v) is 8.91. The van der Waals surface area contributed by atoms with Crippen molar-refractivity contribution in [2.24, 2.45) is 0 Å². The molecule has 2 aromatic carbocycles. The van der Waals surface area contributed by atoms with Gasteiger partial charge in [0.1, 0.15) is 10.8 Å². The normalized spacial score (nSPS) is 16.2. The van der Waals surface area contributed by atoms with Crippen molar-refractivity contribution < 1.29 is 9.18 Å². The Kier molecular flexibility index (Phi) is 6.97. The summed E-state index contributed by atoms with van der Waals surface area (Å²) in [4.78, 5) is 21.8. The van der Waals surface area contributed by atoms with Gasteiger partial charge in [-0.2, -0.15) is 0 Å². The second-order valence-electron chi connectivity index (χ2n) is 7.61. The zero-order valence-electron chi connectivity index (χ0n) is 17.2. The minimum atomic E-state index is -0.531. The van der Waals surface area contributed by atoms with E-state index in [-0.39, 0.29) is 17.6 Å². The topological polar surface area (TPSA) is 48.5 Å². The number of thiazole rings is 1. The third-order valence-corrected chi connectivity index (χ3v) is 6.66. The van der Waals surface area contributed by atoms with E-state index in [1.165, 1.54) is 12.1 Å². The molecule has 1 atom stereocenters. The highest BCUT2D eigenvalue weighted by Crippen LogP contribution is 2.24. The van der Waals surface area contributed by atoms with Crippen LogP contribution in [-0.4, -0.2) is 52.9 Å². The number of piperazine rings is 1. The first-order valence-corrected chi connectivity index (χ1v) is 11.5. The van der Waals surface area contributed by atoms with Gasteiger partial charge in [0.15, 0.2) is 0 Å². The molecule has 0 radical (unpaired) electrons. The molecule has 1 aliphatic heterocycles. The lowest BCUT2D eigenvalue weighted by molar-refractivity contribution is -0.121. The number of anilines is 1. The Morgan fingerprint density at radius 2 is 1.94 bits per heavy atom. The van der Waals surface area contributed by atoms with Gasteiger partial charge in [-0.05, 0) is 25.1 Å². The number of nitrogens with zero attached hydrogens (tertiary/aromatic N) is 3. The van der Waals surface area contributed by atoms with Crippen molar-refractivity contribution in [2.75, 3.05) is 31.5 Å². The fraction of sp³-hybridized carbons (Fsp3) is 0.304. The molecule has 1 fully saturated rings. The lowest BCUT2D eigenvalue weighted by Crippen LogP contribution is -2.52. The Bertz CT molecular complexity index is 1040. The van der Waals surface area contributed by atoms with Gasteiger partial charge in [0.05, 0.1) is 17.4 Å². The van der Waals surface area contributed by atoms with Crippen molar-refractivity contribution in [1.82, 2.24) is 14.8 Å². The number of benzene rings is 2. The van der Waals surface area contributed by atoms with Gasteiger partial charge < -0.3 is 5.32 Å². The molecule has 31 heavy (non-hydrogen) atoms. The SMILES string of the molecule is C[C@H](C(=O)Nc1ccc(Cl)cc1F)N1CCN(Cc2csc(-c3ccccc3)n2)CC1. The van der Waals surface area contributed by atoms with E-state index in [4.69, 9.17) is 16.6 Å². The smallest absolute Gasteiger partial charge is 0.241 e. The third kappa shape index (κ3) is 5.49. The molecule has 3 aromatic rings. The fourth-order valence-electron chi connectivity index (χ4n) is 3.62. The Balaban J connectivity index is 1.28. The van der Waals surface area contributed by atoms with Gasteiger partial charge in [-0.3, -0.25) is 14.6 Å². The number of rotatable bonds is 6. The summed E-state index contributed by atoms with van der Waals surface area (Å²) in [6.07, 6.45) is 0. The molecular weight excluding hydrogens is 435 g/mol. The van der Waals surface area contributed by atoms with Crippen LogP contribution in [0.15, 0.2) is 53.9 Å². The average Bonchev–Trinajstić information content (AvgIpc) is 3.25. The van der Waals surface area contributed by atoms with Gasteiger partial charge in [0.25, 0.3) is 0 Å². The van der Waals surface area contributed by atoms with Crippen LogP contribution in [0.1, 0.15) is 12.6 Å². The maximum atomic E-state index is 14.0. The lowest BCUT2D eigenvalue weighted by Gasteiger charge is -2.37. The van der Waals surface area contributed by atoms with E-state index in [2.05, 4.69) is 32.6 Å². The van der Waals surface area contributed by atoms with Gasteiger partial charge >= 0.3 is 0 Å². The summed E-state index contributed by atoms with van der Waals surface area (Å²) < 4.78 is 14.0. The molecule has 162 valence electrons. The standard InChI is InChI=1S/C23H24ClFN4OS/c1-16(22(30)27-21-8-7-18(24)13-20(21)25)29-11-9-28(10-12-29)14-19-15-31-23(26-19)17-5-3-2-4-6-17/h2-8,13,15-16H,9-12,14H2,1H3,(H,27,30)/t16-/m1/s1. The van der Waals surface area contributed by atoms with E-state index in [1.54, 1.807) is 17.4 Å². The summed E-state index contributed by atoms with van der Waals surface area (Å²) >= 11 is 7.44. The quantitative estimate of drug-likeness (QED) is 0.579. The Labute approximate surface area is 190 Å². The molecule has 1 amide bonds. The van der Waals surface area contributed by atoms with Crippen molar-refractivity contribution in [3.05, 3.63) is 70.4 Å². The first-order chi connectivity index (χ1) is 15.0. The molecule has 8 heteroatoms. The zero-order chi connectivity index (χ0) is 21.8. The maximum absolute atomic E-state index is 14.0. The first-order valence-electron chi connectivity index (χ1n) is 10.2. The summed E-state index contributed by atoms with van der Waals surface area (Å²) in [7, 11) is 0. The Hall–Kier alpha value is -2.32. The number of aromatic nitrogens is 1. The van der Waals surface area contributed by atoms with E-state index in [0.717, 1.165) is 49.0 Å². The highest BCUT2D eigenvalue weighted by Gasteiger charge is 2.26. The van der Waals surface area contributed by atoms with E-state index >= 15 is 0 Å². The highest BCUT2D eigenvalue weighted by atomic mass is 35.5. The molecule has 1 aromatic heterocycles. The minimum absolute atomic E-state index is 0.151. The predicted molar refractivity (Wildman–Crippen MR) is 124 cm³/mol. The monoisotopic (exact) mass is 458 g/mol. The molecule has 2 heterocycles. The fourth-order valence-corrected chi connectivity index (χ4v) is 4.60. The molecule has 0 aliphatic carbocycles. The van der Waals surface area contributed by atoms with Crippen molar-refractivity contribution in [3.63, 3.8) is 0 Å². The minimum Gasteiger partial charge on any atom is -0.322 e. The molecule has 4 rings (SSSR count). The van der Waals surface area contributed by atoms with Crippen LogP contribution in [0.3, 0.4) is 0 Å². The molecule has 1 saturated heterocycles. The maximum Gasteiger partial charge on any atom is 0.241 e. The Morgan fingerprint density at radius 1 is 1.19 bits per heavy atom. The summed E-state index contributed by atoms with van der Waals surface area (Å²) in [6, 6.07) is 14.1. The molecule has 0 bridgehead atoms. The number of carbonyl (C=O) groups excluding carboxylic acids is 1. The van der Waals surface area contributed by atoms with E-state index in [9.17, 15) is 9.18 Å². The van der Waals surface area contributed by atoms with Gasteiger partial charge in [0.2, 0.25) is 5.91 Å². The summed E-state index contributed by atoms with van der Waals surface area (Å²) in [5.74, 6) is -0.752.